The van der Waals surface area contributed by atoms with Crippen molar-refractivity contribution >= 4 is 0 Å². The summed E-state index contributed by atoms with van der Waals surface area (Å²) in [4.78, 5) is 1.98. The van der Waals surface area contributed by atoms with E-state index in [1.54, 1.807) is 0 Å². The van der Waals surface area contributed by atoms with E-state index in [0.29, 0.717) is 6.54 Å². The molecule has 1 atom stereocenters. The molecule has 0 amide bonds. The first-order chi connectivity index (χ1) is 6.72. The molecule has 0 saturated heterocycles. The second-order valence-corrected chi connectivity index (χ2v) is 3.52. The fourth-order valence-electron chi connectivity index (χ4n) is 1.38. The number of hydrogen-bond acceptors (Lipinski definition) is 3. The highest BCUT2D eigenvalue weighted by Crippen LogP contribution is 2.02. The van der Waals surface area contributed by atoms with Gasteiger partial charge in [0.15, 0.2) is 0 Å². The van der Waals surface area contributed by atoms with Crippen LogP contribution in [0, 0.1) is 0 Å². The molecule has 14 heavy (non-hydrogen) atoms. The van der Waals surface area contributed by atoms with Crippen LogP contribution in [0.15, 0.2) is 30.3 Å². The zero-order chi connectivity index (χ0) is 10.4. The molecule has 1 aromatic carbocycles. The molecule has 78 valence electrons. The maximum atomic E-state index is 9.21. The average molecular weight is 195 g/mol. The standard InChI is InChI=1S/C11H17NO2/c1-12(8-11(14)9-13)7-10-5-3-2-4-6-10/h2-6,11,13-14H,7-9H2,1H3. The number of aliphatic hydroxyl groups excluding tert-OH is 2. The quantitative estimate of drug-likeness (QED) is 0.718. The Morgan fingerprint density at radius 2 is 1.93 bits per heavy atom. The van der Waals surface area contributed by atoms with Crippen LogP contribution in [-0.4, -0.2) is 41.4 Å². The van der Waals surface area contributed by atoms with Gasteiger partial charge in [0, 0.05) is 13.1 Å². The van der Waals surface area contributed by atoms with Crippen LogP contribution in [-0.2, 0) is 6.54 Å². The van der Waals surface area contributed by atoms with E-state index in [0.717, 1.165) is 6.54 Å². The van der Waals surface area contributed by atoms with Crippen molar-refractivity contribution in [2.45, 2.75) is 12.6 Å². The van der Waals surface area contributed by atoms with Gasteiger partial charge in [0.05, 0.1) is 12.7 Å². The van der Waals surface area contributed by atoms with Crippen LogP contribution in [0.4, 0.5) is 0 Å². The van der Waals surface area contributed by atoms with Crippen LogP contribution in [0.2, 0.25) is 0 Å². The lowest BCUT2D eigenvalue weighted by Gasteiger charge is -2.19. The van der Waals surface area contributed by atoms with Gasteiger partial charge in [-0.3, -0.25) is 4.90 Å². The lowest BCUT2D eigenvalue weighted by molar-refractivity contribution is 0.0648. The minimum Gasteiger partial charge on any atom is -0.394 e. The second kappa shape index (κ2) is 5.75. The normalized spacial score (nSPS) is 13.1. The second-order valence-electron chi connectivity index (χ2n) is 3.52. The van der Waals surface area contributed by atoms with Crippen LogP contribution in [0.5, 0.6) is 0 Å². The van der Waals surface area contributed by atoms with E-state index >= 15 is 0 Å². The molecule has 0 saturated carbocycles. The topological polar surface area (TPSA) is 43.7 Å². The number of nitrogens with zero attached hydrogens (tertiary/aromatic N) is 1. The molecule has 3 heteroatoms. The van der Waals surface area contributed by atoms with Crippen molar-refractivity contribution in [1.82, 2.24) is 4.90 Å². The van der Waals surface area contributed by atoms with Gasteiger partial charge in [0.1, 0.15) is 0 Å². The number of rotatable bonds is 5. The minimum atomic E-state index is -0.649. The van der Waals surface area contributed by atoms with Crippen molar-refractivity contribution in [3.8, 4) is 0 Å². The third-order valence-electron chi connectivity index (χ3n) is 2.03. The van der Waals surface area contributed by atoms with E-state index in [-0.39, 0.29) is 6.61 Å². The maximum Gasteiger partial charge on any atom is 0.0897 e. The van der Waals surface area contributed by atoms with E-state index in [1.165, 1.54) is 5.56 Å². The largest absolute Gasteiger partial charge is 0.394 e. The molecule has 1 unspecified atom stereocenters. The van der Waals surface area contributed by atoms with E-state index in [1.807, 2.05) is 42.3 Å². The van der Waals surface area contributed by atoms with Gasteiger partial charge in [-0.2, -0.15) is 0 Å². The maximum absolute atomic E-state index is 9.21. The van der Waals surface area contributed by atoms with Crippen molar-refractivity contribution in [1.29, 1.82) is 0 Å². The molecule has 0 aliphatic rings. The summed E-state index contributed by atoms with van der Waals surface area (Å²) >= 11 is 0. The zero-order valence-corrected chi connectivity index (χ0v) is 8.43. The Balaban J connectivity index is 2.37. The molecule has 0 heterocycles. The number of hydrogen-bond donors (Lipinski definition) is 2. The molecule has 0 aliphatic heterocycles. The molecule has 3 nitrogen and oxygen atoms in total. The summed E-state index contributed by atoms with van der Waals surface area (Å²) in [5, 5.41) is 17.9. The van der Waals surface area contributed by atoms with Gasteiger partial charge in [-0.25, -0.2) is 0 Å². The van der Waals surface area contributed by atoms with Crippen LogP contribution in [0.25, 0.3) is 0 Å². The molecule has 0 radical (unpaired) electrons. The Kier molecular flexibility index (Phi) is 4.59. The van der Waals surface area contributed by atoms with Crippen LogP contribution >= 0.6 is 0 Å². The fourth-order valence-corrected chi connectivity index (χ4v) is 1.38. The third-order valence-corrected chi connectivity index (χ3v) is 2.03. The number of benzene rings is 1. The minimum absolute atomic E-state index is 0.181. The number of aliphatic hydroxyl groups is 2. The van der Waals surface area contributed by atoms with Gasteiger partial charge in [0.2, 0.25) is 0 Å². The average Bonchev–Trinajstić information content (AvgIpc) is 2.19. The van der Waals surface area contributed by atoms with Crippen molar-refractivity contribution in [3.63, 3.8) is 0 Å². The monoisotopic (exact) mass is 195 g/mol. The highest BCUT2D eigenvalue weighted by molar-refractivity contribution is 5.14. The summed E-state index contributed by atoms with van der Waals surface area (Å²) in [6.07, 6.45) is -0.649. The van der Waals surface area contributed by atoms with Gasteiger partial charge in [-0.1, -0.05) is 30.3 Å². The smallest absolute Gasteiger partial charge is 0.0897 e. The Labute approximate surface area is 84.6 Å². The first kappa shape index (κ1) is 11.2. The predicted molar refractivity (Wildman–Crippen MR) is 55.9 cm³/mol. The van der Waals surface area contributed by atoms with E-state index < -0.39 is 6.10 Å². The summed E-state index contributed by atoms with van der Waals surface area (Å²) in [6.45, 7) is 1.10. The molecular weight excluding hydrogens is 178 g/mol. The third kappa shape index (κ3) is 3.87. The first-order valence-electron chi connectivity index (χ1n) is 4.73. The highest BCUT2D eigenvalue weighted by Gasteiger charge is 2.06. The summed E-state index contributed by atoms with van der Waals surface area (Å²) < 4.78 is 0. The molecule has 0 bridgehead atoms. The van der Waals surface area contributed by atoms with Crippen molar-refractivity contribution in [3.05, 3.63) is 35.9 Å². The fraction of sp³-hybridized carbons (Fsp3) is 0.455. The van der Waals surface area contributed by atoms with Gasteiger partial charge >= 0.3 is 0 Å². The summed E-state index contributed by atoms with van der Waals surface area (Å²) in [7, 11) is 1.92. The molecule has 0 spiro atoms. The van der Waals surface area contributed by atoms with E-state index in [2.05, 4.69) is 0 Å². The van der Waals surface area contributed by atoms with E-state index in [4.69, 9.17) is 5.11 Å². The zero-order valence-electron chi connectivity index (χ0n) is 8.43. The van der Waals surface area contributed by atoms with Crippen LogP contribution in [0.3, 0.4) is 0 Å². The predicted octanol–water partition coefficient (Wildman–Crippen LogP) is 0.472. The Hall–Kier alpha value is -0.900. The lowest BCUT2D eigenvalue weighted by Crippen LogP contribution is -2.30. The molecule has 1 aromatic rings. The number of likely N-dealkylation sites (N-methyl/N-ethyl adjacent to an activating group) is 1. The Morgan fingerprint density at radius 3 is 2.50 bits per heavy atom. The summed E-state index contributed by atoms with van der Waals surface area (Å²) in [6, 6.07) is 10.0. The SMILES string of the molecule is CN(Cc1ccccc1)CC(O)CO. The van der Waals surface area contributed by atoms with Crippen molar-refractivity contribution < 1.29 is 10.2 Å². The van der Waals surface area contributed by atoms with Crippen molar-refractivity contribution in [2.24, 2.45) is 0 Å². The van der Waals surface area contributed by atoms with Gasteiger partial charge in [0.25, 0.3) is 0 Å². The Morgan fingerprint density at radius 1 is 1.29 bits per heavy atom. The molecular formula is C11H17NO2. The van der Waals surface area contributed by atoms with Gasteiger partial charge in [-0.15, -0.1) is 0 Å². The molecule has 2 N–H and O–H groups in total. The first-order valence-corrected chi connectivity index (χ1v) is 4.73. The van der Waals surface area contributed by atoms with E-state index in [9.17, 15) is 5.11 Å². The lowest BCUT2D eigenvalue weighted by atomic mass is 10.2. The highest BCUT2D eigenvalue weighted by atomic mass is 16.3. The van der Waals surface area contributed by atoms with Crippen molar-refractivity contribution in [2.75, 3.05) is 20.2 Å². The van der Waals surface area contributed by atoms with Gasteiger partial charge < -0.3 is 10.2 Å². The molecule has 0 aromatic heterocycles. The Bertz CT molecular complexity index is 251. The molecule has 1 rings (SSSR count). The molecule has 0 aliphatic carbocycles. The van der Waals surface area contributed by atoms with Gasteiger partial charge in [-0.05, 0) is 12.6 Å². The summed E-state index contributed by atoms with van der Waals surface area (Å²) in [5.41, 5.74) is 1.21. The summed E-state index contributed by atoms with van der Waals surface area (Å²) in [5.74, 6) is 0. The van der Waals surface area contributed by atoms with Crippen LogP contribution < -0.4 is 0 Å². The van der Waals surface area contributed by atoms with Crippen LogP contribution in [0.1, 0.15) is 5.56 Å². The molecule has 0 fully saturated rings.